The molecule has 0 spiro atoms. The van der Waals surface area contributed by atoms with Crippen molar-refractivity contribution in [3.63, 3.8) is 0 Å². The van der Waals surface area contributed by atoms with Gasteiger partial charge in [0, 0.05) is 6.04 Å². The second kappa shape index (κ2) is 5.92. The van der Waals surface area contributed by atoms with Crippen molar-refractivity contribution in [2.45, 2.75) is 51.8 Å². The van der Waals surface area contributed by atoms with Gasteiger partial charge in [-0.1, -0.05) is 50.3 Å². The summed E-state index contributed by atoms with van der Waals surface area (Å²) in [5, 5.41) is 0. The maximum Gasteiger partial charge on any atom is 0.411 e. The third-order valence-corrected chi connectivity index (χ3v) is 4.15. The lowest BCUT2D eigenvalue weighted by Gasteiger charge is -2.36. The fourth-order valence-electron chi connectivity index (χ4n) is 3.18. The van der Waals surface area contributed by atoms with Crippen molar-refractivity contribution >= 4 is 6.09 Å². The van der Waals surface area contributed by atoms with Crippen LogP contribution in [0.4, 0.5) is 4.79 Å². The van der Waals surface area contributed by atoms with E-state index in [1.807, 2.05) is 43.0 Å². The van der Waals surface area contributed by atoms with Crippen molar-refractivity contribution < 1.29 is 9.53 Å². The average Bonchev–Trinajstić information content (AvgIpc) is 2.65. The highest BCUT2D eigenvalue weighted by atomic mass is 16.6. The molecule has 1 heterocycles. The van der Waals surface area contributed by atoms with Crippen molar-refractivity contribution in [1.29, 1.82) is 0 Å². The number of benzene rings is 1. The third kappa shape index (κ3) is 2.97. The van der Waals surface area contributed by atoms with Gasteiger partial charge in [0.25, 0.3) is 0 Å². The van der Waals surface area contributed by atoms with E-state index in [0.29, 0.717) is 5.92 Å². The molecule has 114 valence electrons. The molecule has 1 aromatic rings. The van der Waals surface area contributed by atoms with Gasteiger partial charge in [0.2, 0.25) is 0 Å². The van der Waals surface area contributed by atoms with Crippen LogP contribution in [-0.2, 0) is 4.74 Å². The van der Waals surface area contributed by atoms with E-state index in [9.17, 15) is 4.79 Å². The van der Waals surface area contributed by atoms with Gasteiger partial charge < -0.3 is 4.74 Å². The first-order valence-corrected chi connectivity index (χ1v) is 7.55. The minimum absolute atomic E-state index is 0.0708. The third-order valence-electron chi connectivity index (χ3n) is 4.15. The molecule has 1 fully saturated rings. The Bertz CT molecular complexity index is 507. The molecular weight excluding hydrogens is 262 g/mol. The normalized spacial score (nSPS) is 22.2. The minimum atomic E-state index is -0.535. The Kier molecular flexibility index (Phi) is 4.40. The molecule has 0 saturated carbocycles. The van der Waals surface area contributed by atoms with E-state index in [1.54, 1.807) is 0 Å². The first kappa shape index (κ1) is 15.6. The van der Waals surface area contributed by atoms with Crippen LogP contribution in [0, 0.1) is 5.92 Å². The van der Waals surface area contributed by atoms with Gasteiger partial charge in [-0.3, -0.25) is 4.90 Å². The molecule has 1 aliphatic heterocycles. The number of carbonyl (C=O) groups is 1. The minimum Gasteiger partial charge on any atom is -0.441 e. The fraction of sp³-hybridized carbons (Fsp3) is 0.500. The zero-order chi connectivity index (χ0) is 15.6. The Labute approximate surface area is 127 Å². The average molecular weight is 287 g/mol. The predicted molar refractivity (Wildman–Crippen MR) is 85.0 cm³/mol. The second-order valence-electron chi connectivity index (χ2n) is 6.53. The maximum atomic E-state index is 12.5. The first-order chi connectivity index (χ1) is 9.88. The zero-order valence-corrected chi connectivity index (χ0v) is 13.4. The molecule has 1 amide bonds. The van der Waals surface area contributed by atoms with E-state index in [4.69, 9.17) is 4.74 Å². The van der Waals surface area contributed by atoms with Crippen LogP contribution < -0.4 is 0 Å². The van der Waals surface area contributed by atoms with Crippen LogP contribution in [0.3, 0.4) is 0 Å². The lowest BCUT2D eigenvalue weighted by molar-refractivity contribution is 0.0664. The van der Waals surface area contributed by atoms with Crippen molar-refractivity contribution in [2.24, 2.45) is 5.92 Å². The summed E-state index contributed by atoms with van der Waals surface area (Å²) in [6.07, 6.45) is 2.42. The van der Waals surface area contributed by atoms with Crippen LogP contribution in [0.5, 0.6) is 0 Å². The monoisotopic (exact) mass is 287 g/mol. The molecule has 2 atom stereocenters. The molecule has 1 aliphatic rings. The van der Waals surface area contributed by atoms with Crippen LogP contribution in [0.25, 0.3) is 0 Å². The quantitative estimate of drug-likeness (QED) is 0.743. The molecule has 0 N–H and O–H groups in total. The Morgan fingerprint density at radius 1 is 1.33 bits per heavy atom. The summed E-state index contributed by atoms with van der Waals surface area (Å²) in [6.45, 7) is 12.1. The summed E-state index contributed by atoms with van der Waals surface area (Å²) < 4.78 is 5.66. The topological polar surface area (TPSA) is 29.5 Å². The molecule has 0 aromatic heterocycles. The number of ether oxygens (including phenoxy) is 1. The number of cyclic esters (lactones) is 1. The van der Waals surface area contributed by atoms with Gasteiger partial charge in [-0.05, 0) is 31.7 Å². The summed E-state index contributed by atoms with van der Waals surface area (Å²) >= 11 is 0. The van der Waals surface area contributed by atoms with Gasteiger partial charge in [0.15, 0.2) is 0 Å². The molecule has 0 unspecified atom stereocenters. The molecule has 0 aliphatic carbocycles. The molecule has 1 aromatic carbocycles. The van der Waals surface area contributed by atoms with Gasteiger partial charge >= 0.3 is 6.09 Å². The summed E-state index contributed by atoms with van der Waals surface area (Å²) in [5.74, 6) is 0.343. The standard InChI is InChI=1S/C18H25NO2/c1-6-10-15(13(2)3)19-16(14-11-8-7-9-12-14)18(4,5)21-17(19)20/h6-9,11-13,15-16H,1,10H2,2-5H3/t15-,16-/m1/s1. The highest BCUT2D eigenvalue weighted by molar-refractivity contribution is 5.72. The summed E-state index contributed by atoms with van der Waals surface area (Å²) in [7, 11) is 0. The highest BCUT2D eigenvalue weighted by Crippen LogP contribution is 2.43. The number of rotatable bonds is 5. The number of hydrogen-bond donors (Lipinski definition) is 0. The molecular formula is C18H25NO2. The zero-order valence-electron chi connectivity index (χ0n) is 13.4. The Morgan fingerprint density at radius 2 is 1.95 bits per heavy atom. The summed E-state index contributed by atoms with van der Waals surface area (Å²) in [6, 6.07) is 10.1. The summed E-state index contributed by atoms with van der Waals surface area (Å²) in [4.78, 5) is 14.4. The van der Waals surface area contributed by atoms with E-state index >= 15 is 0 Å². The molecule has 0 bridgehead atoms. The van der Waals surface area contributed by atoms with E-state index in [0.717, 1.165) is 12.0 Å². The largest absolute Gasteiger partial charge is 0.441 e. The smallest absolute Gasteiger partial charge is 0.411 e. The van der Waals surface area contributed by atoms with Gasteiger partial charge in [-0.2, -0.15) is 0 Å². The fourth-order valence-corrected chi connectivity index (χ4v) is 3.18. The van der Waals surface area contributed by atoms with E-state index in [1.165, 1.54) is 0 Å². The highest BCUT2D eigenvalue weighted by Gasteiger charge is 2.51. The van der Waals surface area contributed by atoms with Crippen molar-refractivity contribution in [3.8, 4) is 0 Å². The second-order valence-corrected chi connectivity index (χ2v) is 6.53. The molecule has 1 saturated heterocycles. The molecule has 0 radical (unpaired) electrons. The SMILES string of the molecule is C=CC[C@H](C(C)C)N1C(=O)OC(C)(C)[C@H]1c1ccccc1. The summed E-state index contributed by atoms with van der Waals surface area (Å²) in [5.41, 5.74) is 0.579. The van der Waals surface area contributed by atoms with Crippen molar-refractivity contribution in [1.82, 2.24) is 4.90 Å². The van der Waals surface area contributed by atoms with Crippen LogP contribution in [0.15, 0.2) is 43.0 Å². The Balaban J connectivity index is 2.45. The van der Waals surface area contributed by atoms with Crippen LogP contribution >= 0.6 is 0 Å². The van der Waals surface area contributed by atoms with Crippen molar-refractivity contribution in [2.75, 3.05) is 0 Å². The molecule has 2 rings (SSSR count). The predicted octanol–water partition coefficient (Wildman–Crippen LogP) is 4.56. The van der Waals surface area contributed by atoms with Gasteiger partial charge in [0.1, 0.15) is 5.60 Å². The Morgan fingerprint density at radius 3 is 2.48 bits per heavy atom. The molecule has 21 heavy (non-hydrogen) atoms. The first-order valence-electron chi connectivity index (χ1n) is 7.55. The number of hydrogen-bond acceptors (Lipinski definition) is 2. The van der Waals surface area contributed by atoms with E-state index in [-0.39, 0.29) is 18.2 Å². The van der Waals surface area contributed by atoms with Crippen LogP contribution in [0.1, 0.15) is 45.7 Å². The van der Waals surface area contributed by atoms with Crippen LogP contribution in [-0.4, -0.2) is 22.6 Å². The van der Waals surface area contributed by atoms with E-state index in [2.05, 4.69) is 32.6 Å². The van der Waals surface area contributed by atoms with Crippen molar-refractivity contribution in [3.05, 3.63) is 48.6 Å². The molecule has 3 heteroatoms. The number of nitrogens with zero attached hydrogens (tertiary/aromatic N) is 1. The van der Waals surface area contributed by atoms with Gasteiger partial charge in [-0.15, -0.1) is 6.58 Å². The molecule has 3 nitrogen and oxygen atoms in total. The number of amides is 1. The number of carbonyl (C=O) groups excluding carboxylic acids is 1. The van der Waals surface area contributed by atoms with Gasteiger partial charge in [0.05, 0.1) is 6.04 Å². The maximum absolute atomic E-state index is 12.5. The van der Waals surface area contributed by atoms with Crippen LogP contribution in [0.2, 0.25) is 0 Å². The lowest BCUT2D eigenvalue weighted by Crippen LogP contribution is -2.43. The lowest BCUT2D eigenvalue weighted by atomic mass is 9.88. The van der Waals surface area contributed by atoms with Gasteiger partial charge in [-0.25, -0.2) is 4.79 Å². The Hall–Kier alpha value is -1.77. The van der Waals surface area contributed by atoms with E-state index < -0.39 is 5.60 Å².